The van der Waals surface area contributed by atoms with Crippen LogP contribution >= 0.6 is 0 Å². The van der Waals surface area contributed by atoms with Crippen LogP contribution in [0.25, 0.3) is 10.9 Å². The molecule has 1 aromatic heterocycles. The number of hydrogen-bond acceptors (Lipinski definition) is 3. The zero-order chi connectivity index (χ0) is 15.4. The molecule has 1 fully saturated rings. The summed E-state index contributed by atoms with van der Waals surface area (Å²) in [6, 6.07) is 8.99. The first-order valence-electron chi connectivity index (χ1n) is 8.52. The molecular formula is C19H20N2O2. The van der Waals surface area contributed by atoms with Crippen molar-refractivity contribution >= 4 is 16.9 Å². The van der Waals surface area contributed by atoms with E-state index in [0.29, 0.717) is 18.6 Å². The van der Waals surface area contributed by atoms with Gasteiger partial charge in [-0.25, -0.2) is 4.79 Å². The number of carbonyl (C=O) groups excluding carboxylic acids is 1. The summed E-state index contributed by atoms with van der Waals surface area (Å²) in [4.78, 5) is 18.1. The Balaban J connectivity index is 1.53. The Labute approximate surface area is 135 Å². The maximum absolute atomic E-state index is 11.9. The molecule has 3 aliphatic rings. The number of para-hydroxylation sites is 1. The fourth-order valence-electron chi connectivity index (χ4n) is 4.60. The van der Waals surface area contributed by atoms with Gasteiger partial charge in [-0.05, 0) is 49.4 Å². The Bertz CT molecular complexity index is 820. The number of benzene rings is 1. The van der Waals surface area contributed by atoms with Crippen molar-refractivity contribution in [2.75, 3.05) is 19.7 Å². The number of aromatic amines is 1. The third kappa shape index (κ3) is 1.98. The molecule has 2 aromatic rings. The molecule has 0 bridgehead atoms. The SMILES string of the molecule is O=C1OCC=C1C1CCN2CCc3c([nH]c4ccccc34)C2C1. The lowest BCUT2D eigenvalue weighted by Gasteiger charge is -2.42. The molecule has 1 aromatic carbocycles. The van der Waals surface area contributed by atoms with Gasteiger partial charge < -0.3 is 9.72 Å². The maximum atomic E-state index is 11.9. The molecule has 4 heterocycles. The second kappa shape index (κ2) is 4.96. The van der Waals surface area contributed by atoms with Gasteiger partial charge in [0.1, 0.15) is 6.61 Å². The summed E-state index contributed by atoms with van der Waals surface area (Å²) in [5.41, 5.74) is 4.99. The van der Waals surface area contributed by atoms with Crippen LogP contribution in [0.5, 0.6) is 0 Å². The molecule has 0 spiro atoms. The molecule has 4 heteroatoms. The largest absolute Gasteiger partial charge is 0.458 e. The summed E-state index contributed by atoms with van der Waals surface area (Å²) in [6.45, 7) is 2.64. The van der Waals surface area contributed by atoms with Crippen molar-refractivity contribution in [2.24, 2.45) is 5.92 Å². The van der Waals surface area contributed by atoms with E-state index in [4.69, 9.17) is 4.74 Å². The van der Waals surface area contributed by atoms with E-state index in [2.05, 4.69) is 34.1 Å². The van der Waals surface area contributed by atoms with Gasteiger partial charge in [0.15, 0.2) is 0 Å². The van der Waals surface area contributed by atoms with Crippen LogP contribution < -0.4 is 0 Å². The first-order chi connectivity index (χ1) is 11.3. The average molecular weight is 308 g/mol. The number of nitrogens with zero attached hydrogens (tertiary/aromatic N) is 1. The molecule has 4 nitrogen and oxygen atoms in total. The fourth-order valence-corrected chi connectivity index (χ4v) is 4.60. The van der Waals surface area contributed by atoms with Crippen LogP contribution in [0.2, 0.25) is 0 Å². The lowest BCUT2D eigenvalue weighted by atomic mass is 9.81. The molecule has 5 rings (SSSR count). The molecule has 0 aliphatic carbocycles. The minimum absolute atomic E-state index is 0.101. The van der Waals surface area contributed by atoms with E-state index < -0.39 is 0 Å². The van der Waals surface area contributed by atoms with Crippen molar-refractivity contribution < 1.29 is 9.53 Å². The molecule has 3 aliphatic heterocycles. The molecule has 2 unspecified atom stereocenters. The lowest BCUT2D eigenvalue weighted by Crippen LogP contribution is -2.42. The summed E-state index contributed by atoms with van der Waals surface area (Å²) in [6.07, 6.45) is 5.18. The highest BCUT2D eigenvalue weighted by Crippen LogP contribution is 2.43. The van der Waals surface area contributed by atoms with Gasteiger partial charge in [-0.1, -0.05) is 18.2 Å². The number of cyclic esters (lactones) is 1. The molecule has 0 saturated carbocycles. The molecule has 118 valence electrons. The topological polar surface area (TPSA) is 45.3 Å². The van der Waals surface area contributed by atoms with Crippen molar-refractivity contribution in [3.63, 3.8) is 0 Å². The van der Waals surface area contributed by atoms with Crippen molar-refractivity contribution in [2.45, 2.75) is 25.3 Å². The quantitative estimate of drug-likeness (QED) is 0.824. The highest BCUT2D eigenvalue weighted by atomic mass is 16.5. The smallest absolute Gasteiger partial charge is 0.334 e. The van der Waals surface area contributed by atoms with Gasteiger partial charge in [0.2, 0.25) is 0 Å². The Morgan fingerprint density at radius 2 is 2.13 bits per heavy atom. The van der Waals surface area contributed by atoms with E-state index in [1.807, 2.05) is 6.08 Å². The van der Waals surface area contributed by atoms with Crippen molar-refractivity contribution in [1.82, 2.24) is 9.88 Å². The number of esters is 1. The minimum atomic E-state index is -0.101. The zero-order valence-corrected chi connectivity index (χ0v) is 13.0. The Kier molecular flexibility index (Phi) is 2.89. The number of carbonyl (C=O) groups is 1. The van der Waals surface area contributed by atoms with Crippen LogP contribution in [0.15, 0.2) is 35.9 Å². The number of piperidine rings is 1. The molecular weight excluding hydrogens is 288 g/mol. The van der Waals surface area contributed by atoms with E-state index in [9.17, 15) is 4.79 Å². The van der Waals surface area contributed by atoms with E-state index in [1.54, 1.807) is 0 Å². The third-order valence-corrected chi connectivity index (χ3v) is 5.74. The number of rotatable bonds is 1. The van der Waals surface area contributed by atoms with Crippen LogP contribution in [0, 0.1) is 5.92 Å². The van der Waals surface area contributed by atoms with Gasteiger partial charge in [0.05, 0.1) is 6.04 Å². The minimum Gasteiger partial charge on any atom is -0.458 e. The predicted octanol–water partition coefficient (Wildman–Crippen LogP) is 2.96. The van der Waals surface area contributed by atoms with Crippen molar-refractivity contribution in [1.29, 1.82) is 0 Å². The summed E-state index contributed by atoms with van der Waals surface area (Å²) in [7, 11) is 0. The first kappa shape index (κ1) is 13.4. The van der Waals surface area contributed by atoms with Crippen molar-refractivity contribution in [3.8, 4) is 0 Å². The predicted molar refractivity (Wildman–Crippen MR) is 88.1 cm³/mol. The van der Waals surface area contributed by atoms with Gasteiger partial charge >= 0.3 is 5.97 Å². The summed E-state index contributed by atoms with van der Waals surface area (Å²) in [5.74, 6) is 0.236. The molecule has 2 atom stereocenters. The number of nitrogens with one attached hydrogen (secondary N) is 1. The van der Waals surface area contributed by atoms with E-state index in [1.165, 1.54) is 22.2 Å². The second-order valence-electron chi connectivity index (χ2n) is 6.84. The summed E-state index contributed by atoms with van der Waals surface area (Å²) >= 11 is 0. The summed E-state index contributed by atoms with van der Waals surface area (Å²) < 4.78 is 5.12. The number of ether oxygens (including phenoxy) is 1. The van der Waals surface area contributed by atoms with Crippen LogP contribution in [0.1, 0.15) is 30.1 Å². The van der Waals surface area contributed by atoms with Gasteiger partial charge in [-0.2, -0.15) is 0 Å². The lowest BCUT2D eigenvalue weighted by molar-refractivity contribution is -0.136. The Hall–Kier alpha value is -2.07. The van der Waals surface area contributed by atoms with Crippen LogP contribution in [-0.4, -0.2) is 35.5 Å². The van der Waals surface area contributed by atoms with Gasteiger partial charge in [0, 0.05) is 28.7 Å². The van der Waals surface area contributed by atoms with Crippen LogP contribution in [0.4, 0.5) is 0 Å². The number of hydrogen-bond donors (Lipinski definition) is 1. The number of fused-ring (bicyclic) bond motifs is 5. The van der Waals surface area contributed by atoms with E-state index in [0.717, 1.165) is 37.9 Å². The first-order valence-corrected chi connectivity index (χ1v) is 8.52. The maximum Gasteiger partial charge on any atom is 0.334 e. The van der Waals surface area contributed by atoms with Crippen LogP contribution in [0.3, 0.4) is 0 Å². The Morgan fingerprint density at radius 1 is 1.22 bits per heavy atom. The molecule has 1 N–H and O–H groups in total. The number of aromatic nitrogens is 1. The van der Waals surface area contributed by atoms with E-state index in [-0.39, 0.29) is 5.97 Å². The van der Waals surface area contributed by atoms with E-state index >= 15 is 0 Å². The zero-order valence-electron chi connectivity index (χ0n) is 13.0. The van der Waals surface area contributed by atoms with Crippen LogP contribution in [-0.2, 0) is 16.0 Å². The fraction of sp³-hybridized carbons (Fsp3) is 0.421. The monoisotopic (exact) mass is 308 g/mol. The standard InChI is InChI=1S/C19H20N2O2/c22-19-13(7-10-23-19)12-5-8-21-9-6-15-14-3-1-2-4-16(14)20-18(15)17(21)11-12/h1-4,7,12,17,20H,5-6,8-11H2. The van der Waals surface area contributed by atoms with Gasteiger partial charge in [-0.3, -0.25) is 4.90 Å². The highest BCUT2D eigenvalue weighted by Gasteiger charge is 2.38. The normalized spacial score (nSPS) is 27.5. The summed E-state index contributed by atoms with van der Waals surface area (Å²) in [5, 5.41) is 1.36. The number of H-pyrrole nitrogens is 1. The second-order valence-corrected chi connectivity index (χ2v) is 6.84. The molecule has 0 amide bonds. The van der Waals surface area contributed by atoms with Gasteiger partial charge in [-0.15, -0.1) is 0 Å². The molecule has 23 heavy (non-hydrogen) atoms. The van der Waals surface area contributed by atoms with Crippen molar-refractivity contribution in [3.05, 3.63) is 47.2 Å². The third-order valence-electron chi connectivity index (χ3n) is 5.74. The highest BCUT2D eigenvalue weighted by molar-refractivity contribution is 5.91. The molecule has 0 radical (unpaired) electrons. The average Bonchev–Trinajstić information content (AvgIpc) is 3.18. The Morgan fingerprint density at radius 3 is 3.00 bits per heavy atom. The van der Waals surface area contributed by atoms with Gasteiger partial charge in [0.25, 0.3) is 0 Å². The molecule has 1 saturated heterocycles.